The Labute approximate surface area is 185 Å². The monoisotopic (exact) mass is 451 g/mol. The molecule has 0 saturated heterocycles. The van der Waals surface area contributed by atoms with Crippen molar-refractivity contribution in [1.82, 2.24) is 9.97 Å². The zero-order chi connectivity index (χ0) is 22.8. The van der Waals surface area contributed by atoms with E-state index in [1.165, 1.54) is 11.1 Å². The number of nitrogens with zero attached hydrogens (tertiary/aromatic N) is 2. The highest BCUT2D eigenvalue weighted by atomic mass is 31.1. The van der Waals surface area contributed by atoms with Gasteiger partial charge in [0.05, 0.1) is 12.6 Å². The maximum atomic E-state index is 13.6. The first kappa shape index (κ1) is 21.9. The number of aromatic nitrogens is 2. The van der Waals surface area contributed by atoms with Crippen molar-refractivity contribution in [2.45, 2.75) is 19.8 Å². The molecule has 32 heavy (non-hydrogen) atoms. The van der Waals surface area contributed by atoms with Gasteiger partial charge in [-0.2, -0.15) is 0 Å². The maximum absolute atomic E-state index is 13.6. The topological polar surface area (TPSA) is 98.3 Å². The van der Waals surface area contributed by atoms with Gasteiger partial charge in [0.15, 0.2) is 11.4 Å². The van der Waals surface area contributed by atoms with Gasteiger partial charge in [0.2, 0.25) is 8.03 Å². The largest absolute Gasteiger partial charge is 0.497 e. The van der Waals surface area contributed by atoms with Gasteiger partial charge in [-0.05, 0) is 72.4 Å². The zero-order valence-corrected chi connectivity index (χ0v) is 18.7. The minimum atomic E-state index is -3.36. The molecule has 4 rings (SSSR count). The summed E-state index contributed by atoms with van der Waals surface area (Å²) in [4.78, 5) is 17.9. The molecule has 0 aliphatic carbocycles. The summed E-state index contributed by atoms with van der Waals surface area (Å²) in [6, 6.07) is 13.2. The van der Waals surface area contributed by atoms with Crippen molar-refractivity contribution in [3.05, 3.63) is 76.5 Å². The average molecular weight is 451 g/mol. The number of benzene rings is 2. The normalized spacial score (nSPS) is 12.9. The third-order valence-corrected chi connectivity index (χ3v) is 6.02. The summed E-state index contributed by atoms with van der Waals surface area (Å²) < 4.78 is 29.8. The Bertz CT molecular complexity index is 1390. The lowest BCUT2D eigenvalue weighted by atomic mass is 9.99. The summed E-state index contributed by atoms with van der Waals surface area (Å²) in [5, 5.41) is 1.70. The van der Waals surface area contributed by atoms with E-state index in [0.29, 0.717) is 16.6 Å². The minimum absolute atomic E-state index is 0.280. The molecule has 3 N–H and O–H groups in total. The fourth-order valence-electron chi connectivity index (χ4n) is 3.76. The summed E-state index contributed by atoms with van der Waals surface area (Å²) >= 11 is 0. The number of aryl methyl sites for hydroxylation is 3. The molecule has 6 nitrogen and oxygen atoms in total. The summed E-state index contributed by atoms with van der Waals surface area (Å²) in [6.07, 6.45) is 4.51. The van der Waals surface area contributed by atoms with Gasteiger partial charge in [0.1, 0.15) is 11.3 Å². The number of halogens is 1. The van der Waals surface area contributed by atoms with Crippen LogP contribution in [0.2, 0.25) is 0 Å². The number of nitrogens with two attached hydrogens (primary N) is 1. The Morgan fingerprint density at radius 3 is 2.72 bits per heavy atom. The molecule has 0 aliphatic heterocycles. The average Bonchev–Trinajstić information content (AvgIpc) is 2.78. The molecule has 8 heteroatoms. The quantitative estimate of drug-likeness (QED) is 0.309. The second-order valence-electron chi connectivity index (χ2n) is 7.60. The molecule has 164 valence electrons. The smallest absolute Gasteiger partial charge is 0.245 e. The van der Waals surface area contributed by atoms with E-state index in [-0.39, 0.29) is 5.82 Å². The molecule has 1 unspecified atom stereocenters. The van der Waals surface area contributed by atoms with Gasteiger partial charge in [-0.25, -0.2) is 9.37 Å². The van der Waals surface area contributed by atoms with Crippen molar-refractivity contribution < 1.29 is 18.6 Å². The second-order valence-corrected chi connectivity index (χ2v) is 8.69. The van der Waals surface area contributed by atoms with Crippen LogP contribution in [0.15, 0.2) is 54.2 Å². The standard InChI is InChI=1S/C24H23FN3O3P/c1-14-9-18(31-2)7-6-17(14)5-3-16-10-20-19-8-4-15(12-22(25)32(29)30)11-21(19)28-24(26)23(20)27-13-16/h4,6-13,32H,3,5H2,1-2H3,(H2,26,28)(H,29,30)/b22-12+. The fraction of sp³-hybridized carbons (Fsp3) is 0.167. The van der Waals surface area contributed by atoms with Crippen molar-refractivity contribution in [3.8, 4) is 5.75 Å². The van der Waals surface area contributed by atoms with Crippen molar-refractivity contribution in [2.24, 2.45) is 0 Å². The summed E-state index contributed by atoms with van der Waals surface area (Å²) in [6.45, 7) is 2.07. The zero-order valence-electron chi connectivity index (χ0n) is 17.7. The fourth-order valence-corrected chi connectivity index (χ4v) is 4.05. The van der Waals surface area contributed by atoms with E-state index < -0.39 is 13.6 Å². The van der Waals surface area contributed by atoms with Crippen molar-refractivity contribution >= 4 is 41.7 Å². The molecule has 0 spiro atoms. The van der Waals surface area contributed by atoms with Gasteiger partial charge in [-0.3, -0.25) is 9.55 Å². The first-order chi connectivity index (χ1) is 15.4. The number of ether oxygens (including phenoxy) is 1. The van der Waals surface area contributed by atoms with Gasteiger partial charge >= 0.3 is 0 Å². The Morgan fingerprint density at radius 2 is 2.00 bits per heavy atom. The molecule has 1 atom stereocenters. The van der Waals surface area contributed by atoms with Crippen LogP contribution in [0.5, 0.6) is 5.75 Å². The minimum Gasteiger partial charge on any atom is -0.497 e. The van der Waals surface area contributed by atoms with E-state index >= 15 is 0 Å². The van der Waals surface area contributed by atoms with E-state index in [1.807, 2.05) is 18.3 Å². The Balaban J connectivity index is 1.69. The SMILES string of the molecule is COc1ccc(CCc2cnc3c(N)nc4cc(/C=C(\F)[PH](=O)O)ccc4c3c2)c(C)c1. The molecule has 2 aromatic heterocycles. The van der Waals surface area contributed by atoms with E-state index in [2.05, 4.69) is 29.0 Å². The number of nitrogen functional groups attached to an aromatic ring is 1. The molecule has 0 fully saturated rings. The highest BCUT2D eigenvalue weighted by Crippen LogP contribution is 2.32. The lowest BCUT2D eigenvalue weighted by Gasteiger charge is -2.10. The van der Waals surface area contributed by atoms with Crippen LogP contribution in [-0.4, -0.2) is 22.0 Å². The molecule has 2 heterocycles. The van der Waals surface area contributed by atoms with Gasteiger partial charge in [-0.15, -0.1) is 0 Å². The van der Waals surface area contributed by atoms with Gasteiger partial charge < -0.3 is 15.4 Å². The molecule has 0 saturated carbocycles. The summed E-state index contributed by atoms with van der Waals surface area (Å²) in [7, 11) is -1.71. The first-order valence-corrected chi connectivity index (χ1v) is 11.4. The highest BCUT2D eigenvalue weighted by molar-refractivity contribution is 7.43. The number of rotatable bonds is 6. The molecule has 0 radical (unpaired) electrons. The Morgan fingerprint density at radius 1 is 1.19 bits per heavy atom. The Kier molecular flexibility index (Phi) is 6.21. The second kappa shape index (κ2) is 9.07. The van der Waals surface area contributed by atoms with E-state index in [4.69, 9.17) is 15.4 Å². The molecule has 4 aromatic rings. The third kappa shape index (κ3) is 4.49. The molecular weight excluding hydrogens is 428 g/mol. The van der Waals surface area contributed by atoms with E-state index in [0.717, 1.165) is 41.0 Å². The molecular formula is C24H23FN3O3P. The van der Waals surface area contributed by atoms with Gasteiger partial charge in [0, 0.05) is 17.0 Å². The number of pyridine rings is 2. The number of hydrogen-bond acceptors (Lipinski definition) is 5. The number of hydrogen-bond donors (Lipinski definition) is 2. The number of fused-ring (bicyclic) bond motifs is 3. The Hall–Kier alpha value is -3.28. The van der Waals surface area contributed by atoms with Crippen molar-refractivity contribution in [1.29, 1.82) is 0 Å². The molecule has 0 aliphatic rings. The summed E-state index contributed by atoms with van der Waals surface area (Å²) in [5.41, 5.74) is 10.2. The number of anilines is 1. The first-order valence-electron chi connectivity index (χ1n) is 10.1. The third-order valence-electron chi connectivity index (χ3n) is 5.47. The van der Waals surface area contributed by atoms with Crippen LogP contribution in [0.25, 0.3) is 27.9 Å². The van der Waals surface area contributed by atoms with E-state index in [1.54, 1.807) is 25.3 Å². The summed E-state index contributed by atoms with van der Waals surface area (Å²) in [5.74, 6) is 1.12. The predicted octanol–water partition coefficient (Wildman–Crippen LogP) is 5.20. The van der Waals surface area contributed by atoms with Crippen LogP contribution >= 0.6 is 8.03 Å². The number of methoxy groups -OCH3 is 1. The highest BCUT2D eigenvalue weighted by Gasteiger charge is 2.11. The van der Waals surface area contributed by atoms with Crippen LogP contribution in [0, 0.1) is 6.92 Å². The van der Waals surface area contributed by atoms with Crippen LogP contribution in [0.1, 0.15) is 22.3 Å². The molecule has 2 aromatic carbocycles. The van der Waals surface area contributed by atoms with Crippen molar-refractivity contribution in [2.75, 3.05) is 12.8 Å². The maximum Gasteiger partial charge on any atom is 0.245 e. The molecule has 0 amide bonds. The van der Waals surface area contributed by atoms with Gasteiger partial charge in [-0.1, -0.05) is 18.2 Å². The van der Waals surface area contributed by atoms with Crippen LogP contribution < -0.4 is 10.5 Å². The van der Waals surface area contributed by atoms with Crippen LogP contribution in [-0.2, 0) is 17.4 Å². The van der Waals surface area contributed by atoms with Crippen LogP contribution in [0.3, 0.4) is 0 Å². The van der Waals surface area contributed by atoms with Crippen molar-refractivity contribution in [3.63, 3.8) is 0 Å². The lowest BCUT2D eigenvalue weighted by molar-refractivity contribution is 0.414. The van der Waals surface area contributed by atoms with Gasteiger partial charge in [0.25, 0.3) is 0 Å². The van der Waals surface area contributed by atoms with Crippen LogP contribution in [0.4, 0.5) is 10.2 Å². The lowest BCUT2D eigenvalue weighted by Crippen LogP contribution is -1.99. The van der Waals surface area contributed by atoms with E-state index in [9.17, 15) is 8.96 Å². The predicted molar refractivity (Wildman–Crippen MR) is 127 cm³/mol. The molecule has 0 bridgehead atoms.